The monoisotopic (exact) mass is 286 g/mol. The standard InChI is InChI=1S/C12H13F3N4O/c1-18(2)10(20)6-19-9-4-3-7(16)5-8(9)17-11(19)12(13,14)15/h3-5H,6,16H2,1-2H3. The smallest absolute Gasteiger partial charge is 0.399 e. The predicted molar refractivity (Wildman–Crippen MR) is 67.8 cm³/mol. The third-order valence-electron chi connectivity index (χ3n) is 2.82. The molecule has 2 N–H and O–H groups in total. The van der Waals surface area contributed by atoms with E-state index in [2.05, 4.69) is 4.98 Å². The Labute approximate surface area is 112 Å². The van der Waals surface area contributed by atoms with Gasteiger partial charge in [0.15, 0.2) is 0 Å². The lowest BCUT2D eigenvalue weighted by Crippen LogP contribution is -2.28. The molecule has 0 aliphatic heterocycles. The van der Waals surface area contributed by atoms with Crippen molar-refractivity contribution in [1.82, 2.24) is 14.5 Å². The second-order valence-corrected chi connectivity index (χ2v) is 4.56. The minimum Gasteiger partial charge on any atom is -0.399 e. The van der Waals surface area contributed by atoms with E-state index in [4.69, 9.17) is 5.73 Å². The van der Waals surface area contributed by atoms with Crippen LogP contribution in [0.2, 0.25) is 0 Å². The molecule has 0 atom stereocenters. The zero-order chi connectivity index (χ0) is 15.1. The molecule has 0 radical (unpaired) electrons. The number of nitrogens with zero attached hydrogens (tertiary/aromatic N) is 3. The van der Waals surface area contributed by atoms with Gasteiger partial charge in [-0.15, -0.1) is 0 Å². The average Bonchev–Trinajstić information content (AvgIpc) is 2.66. The van der Waals surface area contributed by atoms with Crippen LogP contribution in [0.1, 0.15) is 5.82 Å². The number of likely N-dealkylation sites (N-methyl/N-ethyl adjacent to an activating group) is 1. The third-order valence-corrected chi connectivity index (χ3v) is 2.82. The molecule has 1 heterocycles. The number of halogens is 3. The minimum absolute atomic E-state index is 0.115. The largest absolute Gasteiger partial charge is 0.449 e. The minimum atomic E-state index is -4.64. The second-order valence-electron chi connectivity index (χ2n) is 4.56. The number of fused-ring (bicyclic) bond motifs is 1. The molecule has 0 spiro atoms. The van der Waals surface area contributed by atoms with Gasteiger partial charge in [0.05, 0.1) is 11.0 Å². The van der Waals surface area contributed by atoms with Crippen molar-refractivity contribution in [1.29, 1.82) is 0 Å². The molecule has 8 heteroatoms. The van der Waals surface area contributed by atoms with Crippen molar-refractivity contribution in [2.24, 2.45) is 0 Å². The number of imidazole rings is 1. The van der Waals surface area contributed by atoms with Gasteiger partial charge in [0.25, 0.3) is 0 Å². The fourth-order valence-electron chi connectivity index (χ4n) is 1.80. The summed E-state index contributed by atoms with van der Waals surface area (Å²) in [5.74, 6) is -1.56. The SMILES string of the molecule is CN(C)C(=O)Cn1c(C(F)(F)F)nc2cc(N)ccc21. The Morgan fingerprint density at radius 2 is 2.05 bits per heavy atom. The fraction of sp³-hybridized carbons (Fsp3) is 0.333. The van der Waals surface area contributed by atoms with Crippen LogP contribution in [-0.2, 0) is 17.5 Å². The first kappa shape index (κ1) is 14.2. The summed E-state index contributed by atoms with van der Waals surface area (Å²) in [5.41, 5.74) is 6.19. The van der Waals surface area contributed by atoms with Crippen LogP contribution >= 0.6 is 0 Å². The van der Waals surface area contributed by atoms with Crippen LogP contribution in [0.5, 0.6) is 0 Å². The van der Waals surface area contributed by atoms with Crippen LogP contribution in [-0.4, -0.2) is 34.5 Å². The van der Waals surface area contributed by atoms with E-state index < -0.39 is 24.5 Å². The normalized spacial score (nSPS) is 11.8. The molecule has 0 saturated carbocycles. The zero-order valence-corrected chi connectivity index (χ0v) is 10.9. The number of carbonyl (C=O) groups is 1. The van der Waals surface area contributed by atoms with E-state index in [0.29, 0.717) is 5.69 Å². The van der Waals surface area contributed by atoms with Gasteiger partial charge < -0.3 is 15.2 Å². The molecule has 0 aliphatic rings. The van der Waals surface area contributed by atoms with E-state index in [1.165, 1.54) is 37.2 Å². The van der Waals surface area contributed by atoms with Crippen LogP contribution in [0.3, 0.4) is 0 Å². The molecule has 108 valence electrons. The summed E-state index contributed by atoms with van der Waals surface area (Å²) in [5, 5.41) is 0. The highest BCUT2D eigenvalue weighted by Crippen LogP contribution is 2.32. The number of alkyl halides is 3. The number of hydrogen-bond donors (Lipinski definition) is 1. The Balaban J connectivity index is 2.62. The lowest BCUT2D eigenvalue weighted by atomic mass is 10.3. The molecule has 0 bridgehead atoms. The van der Waals surface area contributed by atoms with Crippen molar-refractivity contribution in [3.63, 3.8) is 0 Å². The van der Waals surface area contributed by atoms with Gasteiger partial charge in [-0.1, -0.05) is 0 Å². The first-order valence-electron chi connectivity index (χ1n) is 5.73. The highest BCUT2D eigenvalue weighted by Gasteiger charge is 2.38. The molecular formula is C12H13F3N4O. The molecule has 0 fully saturated rings. The second kappa shape index (κ2) is 4.69. The maximum atomic E-state index is 13.0. The summed E-state index contributed by atoms with van der Waals surface area (Å²) in [7, 11) is 2.96. The number of hydrogen-bond acceptors (Lipinski definition) is 3. The van der Waals surface area contributed by atoms with Gasteiger partial charge in [0, 0.05) is 19.8 Å². The quantitative estimate of drug-likeness (QED) is 0.855. The number of carbonyl (C=O) groups excluding carboxylic acids is 1. The fourth-order valence-corrected chi connectivity index (χ4v) is 1.80. The molecular weight excluding hydrogens is 273 g/mol. The Hall–Kier alpha value is -2.25. The molecule has 2 aromatic rings. The van der Waals surface area contributed by atoms with Crippen LogP contribution in [0, 0.1) is 0 Å². The van der Waals surface area contributed by atoms with E-state index in [0.717, 1.165) is 4.57 Å². The van der Waals surface area contributed by atoms with Crippen molar-refractivity contribution in [3.8, 4) is 0 Å². The van der Waals surface area contributed by atoms with Gasteiger partial charge in [0.2, 0.25) is 11.7 Å². The molecule has 2 rings (SSSR count). The van der Waals surface area contributed by atoms with Gasteiger partial charge in [-0.25, -0.2) is 4.98 Å². The van der Waals surface area contributed by atoms with E-state index in [9.17, 15) is 18.0 Å². The number of nitrogens with two attached hydrogens (primary N) is 1. The van der Waals surface area contributed by atoms with E-state index in [-0.39, 0.29) is 11.0 Å². The average molecular weight is 286 g/mol. The number of nitrogen functional groups attached to an aromatic ring is 1. The summed E-state index contributed by atoms with van der Waals surface area (Å²) in [6, 6.07) is 4.25. The number of benzene rings is 1. The van der Waals surface area contributed by atoms with Gasteiger partial charge in [-0.3, -0.25) is 4.79 Å². The molecule has 1 aromatic heterocycles. The maximum Gasteiger partial charge on any atom is 0.449 e. The predicted octanol–water partition coefficient (Wildman–Crippen LogP) is 1.73. The Bertz CT molecular complexity index is 661. The molecule has 1 amide bonds. The molecule has 20 heavy (non-hydrogen) atoms. The lowest BCUT2D eigenvalue weighted by Gasteiger charge is -2.14. The van der Waals surface area contributed by atoms with Crippen LogP contribution in [0.4, 0.5) is 18.9 Å². The van der Waals surface area contributed by atoms with Crippen LogP contribution in [0.15, 0.2) is 18.2 Å². The summed E-state index contributed by atoms with van der Waals surface area (Å²) < 4.78 is 39.9. The highest BCUT2D eigenvalue weighted by atomic mass is 19.4. The number of anilines is 1. The summed E-state index contributed by atoms with van der Waals surface area (Å²) >= 11 is 0. The van der Waals surface area contributed by atoms with Crippen molar-refractivity contribution >= 4 is 22.6 Å². The zero-order valence-electron chi connectivity index (χ0n) is 10.9. The Morgan fingerprint density at radius 3 is 2.60 bits per heavy atom. The third kappa shape index (κ3) is 2.54. The molecule has 0 aliphatic carbocycles. The molecule has 0 unspecified atom stereocenters. The van der Waals surface area contributed by atoms with Crippen molar-refractivity contribution < 1.29 is 18.0 Å². The first-order chi connectivity index (χ1) is 9.20. The maximum absolute atomic E-state index is 13.0. The highest BCUT2D eigenvalue weighted by molar-refractivity contribution is 5.83. The van der Waals surface area contributed by atoms with E-state index >= 15 is 0 Å². The summed E-state index contributed by atoms with van der Waals surface area (Å²) in [6.45, 7) is -0.428. The number of amides is 1. The molecule has 1 aromatic carbocycles. The van der Waals surface area contributed by atoms with Crippen LogP contribution in [0.25, 0.3) is 11.0 Å². The van der Waals surface area contributed by atoms with Crippen LogP contribution < -0.4 is 5.73 Å². The van der Waals surface area contributed by atoms with Crippen molar-refractivity contribution in [2.75, 3.05) is 19.8 Å². The van der Waals surface area contributed by atoms with Crippen molar-refractivity contribution in [2.45, 2.75) is 12.7 Å². The molecule has 0 saturated heterocycles. The number of rotatable bonds is 2. The number of aromatic nitrogens is 2. The summed E-state index contributed by atoms with van der Waals surface area (Å²) in [4.78, 5) is 16.5. The van der Waals surface area contributed by atoms with Gasteiger partial charge in [-0.2, -0.15) is 13.2 Å². The Kier molecular flexibility index (Phi) is 3.33. The van der Waals surface area contributed by atoms with Gasteiger partial charge in [0.1, 0.15) is 6.54 Å². The lowest BCUT2D eigenvalue weighted by molar-refractivity contribution is -0.147. The van der Waals surface area contributed by atoms with Gasteiger partial charge in [-0.05, 0) is 18.2 Å². The topological polar surface area (TPSA) is 64.2 Å². The van der Waals surface area contributed by atoms with Crippen molar-refractivity contribution in [3.05, 3.63) is 24.0 Å². The van der Waals surface area contributed by atoms with E-state index in [1.807, 2.05) is 0 Å². The Morgan fingerprint density at radius 1 is 1.40 bits per heavy atom. The molecule has 5 nitrogen and oxygen atoms in total. The first-order valence-corrected chi connectivity index (χ1v) is 5.73. The van der Waals surface area contributed by atoms with E-state index in [1.54, 1.807) is 0 Å². The van der Waals surface area contributed by atoms with Gasteiger partial charge >= 0.3 is 6.18 Å². The summed E-state index contributed by atoms with van der Waals surface area (Å²) in [6.07, 6.45) is -4.64.